The molecule has 3 rings (SSSR count). The van der Waals surface area contributed by atoms with Gasteiger partial charge in [0.05, 0.1) is 17.4 Å². The summed E-state index contributed by atoms with van der Waals surface area (Å²) < 4.78 is 2.72. The summed E-state index contributed by atoms with van der Waals surface area (Å²) in [6.45, 7) is 1.40. The number of benzene rings is 1. The van der Waals surface area contributed by atoms with E-state index in [4.69, 9.17) is 5.73 Å². The minimum Gasteiger partial charge on any atom is -0.337 e. The van der Waals surface area contributed by atoms with Gasteiger partial charge in [0.2, 0.25) is 0 Å². The van der Waals surface area contributed by atoms with Crippen LogP contribution < -0.4 is 5.73 Å². The Hall–Kier alpha value is -1.66. The molecule has 2 aromatic rings. The van der Waals surface area contributed by atoms with E-state index in [9.17, 15) is 4.79 Å². The predicted octanol–water partition coefficient (Wildman–Crippen LogP) is 2.20. The number of nitrogens with two attached hydrogens (primary N) is 1. The SMILES string of the molecule is NC1CCCN(C(=O)c2cnn(-c3ccc(Br)cc3)c2)C1. The first-order chi connectivity index (χ1) is 10.1. The lowest BCUT2D eigenvalue weighted by atomic mass is 10.1. The maximum absolute atomic E-state index is 12.5. The van der Waals surface area contributed by atoms with Gasteiger partial charge in [0, 0.05) is 29.8 Å². The Morgan fingerprint density at radius 2 is 2.10 bits per heavy atom. The minimum absolute atomic E-state index is 0.00788. The third kappa shape index (κ3) is 3.16. The normalized spacial score (nSPS) is 18.8. The van der Waals surface area contributed by atoms with Crippen molar-refractivity contribution >= 4 is 21.8 Å². The third-order valence-corrected chi connectivity index (χ3v) is 4.19. The molecule has 1 aliphatic rings. The number of amides is 1. The number of hydrogen-bond donors (Lipinski definition) is 1. The maximum Gasteiger partial charge on any atom is 0.257 e. The molecule has 1 aromatic carbocycles. The first-order valence-corrected chi connectivity index (χ1v) is 7.78. The summed E-state index contributed by atoms with van der Waals surface area (Å²) in [5.74, 6) is 0.00788. The smallest absolute Gasteiger partial charge is 0.257 e. The molecule has 1 amide bonds. The van der Waals surface area contributed by atoms with Crippen LogP contribution in [0.5, 0.6) is 0 Å². The van der Waals surface area contributed by atoms with E-state index in [1.807, 2.05) is 29.2 Å². The molecule has 110 valence electrons. The van der Waals surface area contributed by atoms with Crippen molar-refractivity contribution in [1.82, 2.24) is 14.7 Å². The first kappa shape index (κ1) is 14.3. The standard InChI is InChI=1S/C15H17BrN4O/c16-12-3-5-14(6-4-12)20-9-11(8-18-20)15(21)19-7-1-2-13(17)10-19/h3-6,8-9,13H,1-2,7,10,17H2. The molecule has 0 spiro atoms. The summed E-state index contributed by atoms with van der Waals surface area (Å²) >= 11 is 3.40. The van der Waals surface area contributed by atoms with Gasteiger partial charge in [-0.05, 0) is 37.1 Å². The second-order valence-electron chi connectivity index (χ2n) is 5.30. The Morgan fingerprint density at radius 1 is 1.33 bits per heavy atom. The molecule has 2 N–H and O–H groups in total. The molecule has 1 unspecified atom stereocenters. The van der Waals surface area contributed by atoms with Crippen LogP contribution in [-0.4, -0.2) is 39.7 Å². The highest BCUT2D eigenvalue weighted by molar-refractivity contribution is 9.10. The summed E-state index contributed by atoms with van der Waals surface area (Å²) in [6, 6.07) is 7.87. The van der Waals surface area contributed by atoms with Gasteiger partial charge in [-0.25, -0.2) is 4.68 Å². The fraction of sp³-hybridized carbons (Fsp3) is 0.333. The zero-order chi connectivity index (χ0) is 14.8. The third-order valence-electron chi connectivity index (χ3n) is 3.67. The van der Waals surface area contributed by atoms with Crippen LogP contribution in [0.4, 0.5) is 0 Å². The van der Waals surface area contributed by atoms with Crippen LogP contribution in [0.2, 0.25) is 0 Å². The molecule has 1 aliphatic heterocycles. The van der Waals surface area contributed by atoms with Gasteiger partial charge in [0.15, 0.2) is 0 Å². The summed E-state index contributed by atoms with van der Waals surface area (Å²) in [5, 5.41) is 4.27. The first-order valence-electron chi connectivity index (χ1n) is 6.99. The number of halogens is 1. The number of nitrogens with zero attached hydrogens (tertiary/aromatic N) is 3. The lowest BCUT2D eigenvalue weighted by molar-refractivity contribution is 0.0709. The number of carbonyl (C=O) groups excluding carboxylic acids is 1. The van der Waals surface area contributed by atoms with E-state index >= 15 is 0 Å². The molecule has 0 radical (unpaired) electrons. The second-order valence-corrected chi connectivity index (χ2v) is 6.22. The molecule has 1 aromatic heterocycles. The van der Waals surface area contributed by atoms with Crippen molar-refractivity contribution in [3.05, 3.63) is 46.7 Å². The Kier molecular flexibility index (Phi) is 4.07. The summed E-state index contributed by atoms with van der Waals surface area (Å²) in [6.07, 6.45) is 5.34. The zero-order valence-corrected chi connectivity index (χ0v) is 13.2. The van der Waals surface area contributed by atoms with E-state index in [0.29, 0.717) is 12.1 Å². The van der Waals surface area contributed by atoms with Crippen LogP contribution in [0.1, 0.15) is 23.2 Å². The van der Waals surface area contributed by atoms with Crippen molar-refractivity contribution in [1.29, 1.82) is 0 Å². The molecule has 5 nitrogen and oxygen atoms in total. The molecule has 1 atom stereocenters. The Bertz CT molecular complexity index is 637. The van der Waals surface area contributed by atoms with Crippen molar-refractivity contribution in [2.45, 2.75) is 18.9 Å². The van der Waals surface area contributed by atoms with Crippen molar-refractivity contribution in [2.24, 2.45) is 5.73 Å². The fourth-order valence-corrected chi connectivity index (χ4v) is 2.81. The zero-order valence-electron chi connectivity index (χ0n) is 11.6. The number of piperidine rings is 1. The average Bonchev–Trinajstić information content (AvgIpc) is 2.97. The molecular formula is C15H17BrN4O. The van der Waals surface area contributed by atoms with E-state index in [2.05, 4.69) is 21.0 Å². The van der Waals surface area contributed by atoms with Crippen LogP contribution in [-0.2, 0) is 0 Å². The molecule has 0 saturated carbocycles. The van der Waals surface area contributed by atoms with E-state index in [1.54, 1.807) is 17.1 Å². The number of aromatic nitrogens is 2. The Morgan fingerprint density at radius 3 is 2.81 bits per heavy atom. The number of likely N-dealkylation sites (tertiary alicyclic amines) is 1. The summed E-state index contributed by atoms with van der Waals surface area (Å²) in [4.78, 5) is 14.3. The van der Waals surface area contributed by atoms with Gasteiger partial charge < -0.3 is 10.6 Å². The van der Waals surface area contributed by atoms with Crippen molar-refractivity contribution in [3.8, 4) is 5.69 Å². The lowest BCUT2D eigenvalue weighted by Gasteiger charge is -2.30. The molecule has 6 heteroatoms. The highest BCUT2D eigenvalue weighted by Gasteiger charge is 2.23. The second kappa shape index (κ2) is 5.99. The van der Waals surface area contributed by atoms with Crippen LogP contribution >= 0.6 is 15.9 Å². The molecular weight excluding hydrogens is 332 g/mol. The Balaban J connectivity index is 1.78. The van der Waals surface area contributed by atoms with E-state index in [0.717, 1.165) is 29.5 Å². The lowest BCUT2D eigenvalue weighted by Crippen LogP contribution is -2.45. The van der Waals surface area contributed by atoms with Crippen molar-refractivity contribution in [3.63, 3.8) is 0 Å². The van der Waals surface area contributed by atoms with Crippen molar-refractivity contribution < 1.29 is 4.79 Å². The van der Waals surface area contributed by atoms with Gasteiger partial charge >= 0.3 is 0 Å². The van der Waals surface area contributed by atoms with Crippen LogP contribution in [0.3, 0.4) is 0 Å². The number of hydrogen-bond acceptors (Lipinski definition) is 3. The van der Waals surface area contributed by atoms with Gasteiger partial charge in [0.25, 0.3) is 5.91 Å². The Labute approximate surface area is 131 Å². The molecule has 21 heavy (non-hydrogen) atoms. The summed E-state index contributed by atoms with van der Waals surface area (Å²) in [7, 11) is 0. The van der Waals surface area contributed by atoms with E-state index in [-0.39, 0.29) is 11.9 Å². The van der Waals surface area contributed by atoms with Crippen LogP contribution in [0, 0.1) is 0 Å². The van der Waals surface area contributed by atoms with Crippen LogP contribution in [0.25, 0.3) is 5.69 Å². The van der Waals surface area contributed by atoms with Gasteiger partial charge in [-0.1, -0.05) is 15.9 Å². The topological polar surface area (TPSA) is 64.2 Å². The van der Waals surface area contributed by atoms with E-state index < -0.39 is 0 Å². The molecule has 2 heterocycles. The van der Waals surface area contributed by atoms with Gasteiger partial charge in [0.1, 0.15) is 0 Å². The van der Waals surface area contributed by atoms with Crippen molar-refractivity contribution in [2.75, 3.05) is 13.1 Å². The van der Waals surface area contributed by atoms with E-state index in [1.165, 1.54) is 0 Å². The largest absolute Gasteiger partial charge is 0.337 e. The number of rotatable bonds is 2. The summed E-state index contributed by atoms with van der Waals surface area (Å²) in [5.41, 5.74) is 7.46. The maximum atomic E-state index is 12.5. The molecule has 1 saturated heterocycles. The van der Waals surface area contributed by atoms with Gasteiger partial charge in [-0.3, -0.25) is 4.79 Å². The van der Waals surface area contributed by atoms with Gasteiger partial charge in [-0.2, -0.15) is 5.10 Å². The number of carbonyl (C=O) groups is 1. The quantitative estimate of drug-likeness (QED) is 0.904. The monoisotopic (exact) mass is 348 g/mol. The fourth-order valence-electron chi connectivity index (χ4n) is 2.55. The highest BCUT2D eigenvalue weighted by Crippen LogP contribution is 2.16. The van der Waals surface area contributed by atoms with Crippen LogP contribution in [0.15, 0.2) is 41.1 Å². The average molecular weight is 349 g/mol. The molecule has 1 fully saturated rings. The highest BCUT2D eigenvalue weighted by atomic mass is 79.9. The van der Waals surface area contributed by atoms with Gasteiger partial charge in [-0.15, -0.1) is 0 Å². The minimum atomic E-state index is 0.00788. The predicted molar refractivity (Wildman–Crippen MR) is 84.4 cm³/mol. The molecule has 0 bridgehead atoms. The molecule has 0 aliphatic carbocycles.